The van der Waals surface area contributed by atoms with Crippen molar-refractivity contribution in [3.8, 4) is 0 Å². The lowest BCUT2D eigenvalue weighted by Crippen LogP contribution is -2.04. The summed E-state index contributed by atoms with van der Waals surface area (Å²) < 4.78 is 4.56. The van der Waals surface area contributed by atoms with Crippen LogP contribution in [-0.4, -0.2) is 18.9 Å². The van der Waals surface area contributed by atoms with Crippen molar-refractivity contribution in [1.29, 1.82) is 0 Å². The Kier molecular flexibility index (Phi) is 5.95. The first-order valence-corrected chi connectivity index (χ1v) is 6.38. The number of hydrogen-bond acceptors (Lipinski definition) is 3. The Morgan fingerprint density at radius 2 is 2.24 bits per heavy atom. The number of unbranched alkanes of at least 4 members (excludes halogenated alkanes) is 1. The molecule has 0 aliphatic heterocycles. The molecule has 0 bridgehead atoms. The molecular weight excluding hydrogens is 216 g/mol. The first kappa shape index (κ1) is 13.9. The molecule has 17 heavy (non-hydrogen) atoms. The predicted molar refractivity (Wildman–Crippen MR) is 66.5 cm³/mol. The molecule has 0 N–H and O–H groups in total. The minimum absolute atomic E-state index is 0.154. The van der Waals surface area contributed by atoms with Gasteiger partial charge in [-0.25, -0.2) is 0 Å². The number of esters is 1. The smallest absolute Gasteiger partial charge is 0.305 e. The van der Waals surface area contributed by atoms with Gasteiger partial charge in [0, 0.05) is 18.8 Å². The van der Waals surface area contributed by atoms with Crippen LogP contribution in [0, 0.1) is 11.8 Å². The molecule has 3 nitrogen and oxygen atoms in total. The molecule has 1 saturated carbocycles. The number of carbonyl (C=O) groups excluding carboxylic acids is 2. The second kappa shape index (κ2) is 7.25. The fourth-order valence-corrected chi connectivity index (χ4v) is 2.28. The van der Waals surface area contributed by atoms with Crippen molar-refractivity contribution in [3.05, 3.63) is 12.2 Å². The van der Waals surface area contributed by atoms with E-state index in [0.717, 1.165) is 32.1 Å². The summed E-state index contributed by atoms with van der Waals surface area (Å²) in [7, 11) is 1.41. The highest BCUT2D eigenvalue weighted by Gasteiger charge is 2.28. The Morgan fingerprint density at radius 3 is 2.82 bits per heavy atom. The quantitative estimate of drug-likeness (QED) is 0.406. The second-order valence-corrected chi connectivity index (χ2v) is 4.88. The first-order valence-electron chi connectivity index (χ1n) is 6.38. The minimum atomic E-state index is -0.154. The topological polar surface area (TPSA) is 43.4 Å². The van der Waals surface area contributed by atoms with Crippen LogP contribution in [0.4, 0.5) is 0 Å². The van der Waals surface area contributed by atoms with Gasteiger partial charge >= 0.3 is 5.97 Å². The Bertz CT molecular complexity index is 294. The van der Waals surface area contributed by atoms with E-state index in [1.54, 1.807) is 0 Å². The molecule has 96 valence electrons. The van der Waals surface area contributed by atoms with Crippen LogP contribution in [0.2, 0.25) is 0 Å². The number of methoxy groups -OCH3 is 1. The van der Waals surface area contributed by atoms with Gasteiger partial charge in [0.2, 0.25) is 0 Å². The fraction of sp³-hybridized carbons (Fsp3) is 0.714. The van der Waals surface area contributed by atoms with Gasteiger partial charge in [0.15, 0.2) is 0 Å². The van der Waals surface area contributed by atoms with Gasteiger partial charge in [0.1, 0.15) is 5.78 Å². The van der Waals surface area contributed by atoms with Gasteiger partial charge in [-0.05, 0) is 31.6 Å². The first-order chi connectivity index (χ1) is 8.13. The molecule has 0 aromatic heterocycles. The molecule has 1 rings (SSSR count). The van der Waals surface area contributed by atoms with E-state index in [1.807, 2.05) is 0 Å². The maximum Gasteiger partial charge on any atom is 0.305 e. The minimum Gasteiger partial charge on any atom is -0.469 e. The van der Waals surface area contributed by atoms with E-state index in [1.165, 1.54) is 7.11 Å². The van der Waals surface area contributed by atoms with Gasteiger partial charge in [0.25, 0.3) is 0 Å². The molecule has 0 saturated heterocycles. The molecule has 3 heteroatoms. The third-order valence-electron chi connectivity index (χ3n) is 3.26. The van der Waals surface area contributed by atoms with E-state index in [2.05, 4.69) is 23.8 Å². The van der Waals surface area contributed by atoms with Gasteiger partial charge in [-0.1, -0.05) is 19.1 Å². The highest BCUT2D eigenvalue weighted by atomic mass is 16.5. The normalized spacial score (nSPS) is 24.5. The van der Waals surface area contributed by atoms with Crippen molar-refractivity contribution in [3.63, 3.8) is 0 Å². The van der Waals surface area contributed by atoms with Gasteiger partial charge in [-0.15, -0.1) is 0 Å². The lowest BCUT2D eigenvalue weighted by Gasteiger charge is -2.03. The molecule has 0 aromatic rings. The molecule has 0 unspecified atom stereocenters. The van der Waals surface area contributed by atoms with E-state index in [-0.39, 0.29) is 11.9 Å². The Morgan fingerprint density at radius 1 is 1.47 bits per heavy atom. The zero-order valence-corrected chi connectivity index (χ0v) is 10.8. The van der Waals surface area contributed by atoms with Crippen molar-refractivity contribution in [1.82, 2.24) is 0 Å². The number of rotatable bonds is 6. The van der Waals surface area contributed by atoms with E-state index in [9.17, 15) is 9.59 Å². The van der Waals surface area contributed by atoms with Crippen LogP contribution in [-0.2, 0) is 14.3 Å². The lowest BCUT2D eigenvalue weighted by atomic mass is 10.0. The number of hydrogen-bond donors (Lipinski definition) is 0. The van der Waals surface area contributed by atoms with Crippen molar-refractivity contribution < 1.29 is 14.3 Å². The zero-order chi connectivity index (χ0) is 12.7. The molecule has 1 fully saturated rings. The summed E-state index contributed by atoms with van der Waals surface area (Å²) in [5.74, 6) is 1.05. The van der Waals surface area contributed by atoms with Crippen LogP contribution in [0.25, 0.3) is 0 Å². The molecule has 0 spiro atoms. The van der Waals surface area contributed by atoms with Crippen molar-refractivity contribution in [2.24, 2.45) is 11.8 Å². The number of ether oxygens (including phenoxy) is 1. The van der Waals surface area contributed by atoms with Gasteiger partial charge in [-0.2, -0.15) is 0 Å². The number of carbonyl (C=O) groups is 2. The molecule has 2 atom stereocenters. The van der Waals surface area contributed by atoms with Crippen LogP contribution in [0.3, 0.4) is 0 Å². The SMILES string of the molecule is COC(=O)CCC/C=C\C[C@@H]1C[C@H](C)CC1=O. The monoisotopic (exact) mass is 238 g/mol. The fourth-order valence-electron chi connectivity index (χ4n) is 2.28. The maximum absolute atomic E-state index is 11.5. The summed E-state index contributed by atoms with van der Waals surface area (Å²) in [4.78, 5) is 22.4. The Balaban J connectivity index is 2.10. The standard InChI is InChI=1S/C14H22O3/c1-11-9-12(13(15)10-11)7-5-3-4-6-8-14(16)17-2/h3,5,11-12H,4,6-10H2,1-2H3/b5-3-/t11-,12+/m0/s1. The van der Waals surface area contributed by atoms with Gasteiger partial charge < -0.3 is 4.74 Å². The van der Waals surface area contributed by atoms with Crippen LogP contribution < -0.4 is 0 Å². The maximum atomic E-state index is 11.5. The van der Waals surface area contributed by atoms with E-state index < -0.39 is 0 Å². The van der Waals surface area contributed by atoms with E-state index >= 15 is 0 Å². The summed E-state index contributed by atoms with van der Waals surface area (Å²) in [5.41, 5.74) is 0. The third-order valence-corrected chi connectivity index (χ3v) is 3.26. The van der Waals surface area contributed by atoms with E-state index in [4.69, 9.17) is 0 Å². The largest absolute Gasteiger partial charge is 0.469 e. The number of ketones is 1. The highest BCUT2D eigenvalue weighted by Crippen LogP contribution is 2.29. The van der Waals surface area contributed by atoms with Crippen LogP contribution in [0.15, 0.2) is 12.2 Å². The molecular formula is C14H22O3. The van der Waals surface area contributed by atoms with Gasteiger partial charge in [0.05, 0.1) is 7.11 Å². The Hall–Kier alpha value is -1.12. The number of allylic oxidation sites excluding steroid dienone is 2. The average molecular weight is 238 g/mol. The van der Waals surface area contributed by atoms with Crippen molar-refractivity contribution in [2.45, 2.75) is 45.4 Å². The van der Waals surface area contributed by atoms with Crippen LogP contribution in [0.5, 0.6) is 0 Å². The van der Waals surface area contributed by atoms with Crippen molar-refractivity contribution in [2.75, 3.05) is 7.11 Å². The van der Waals surface area contributed by atoms with Crippen LogP contribution >= 0.6 is 0 Å². The molecule has 0 heterocycles. The second-order valence-electron chi connectivity index (χ2n) is 4.88. The molecule has 0 aromatic carbocycles. The summed E-state index contributed by atoms with van der Waals surface area (Å²) in [5, 5.41) is 0. The number of Topliss-reactive ketones (excluding diaryl/α,β-unsaturated/α-hetero) is 1. The van der Waals surface area contributed by atoms with Gasteiger partial charge in [-0.3, -0.25) is 9.59 Å². The molecule has 1 aliphatic carbocycles. The zero-order valence-electron chi connectivity index (χ0n) is 10.8. The third kappa shape index (κ3) is 5.16. The summed E-state index contributed by atoms with van der Waals surface area (Å²) >= 11 is 0. The predicted octanol–water partition coefficient (Wildman–Crippen LogP) is 2.89. The summed E-state index contributed by atoms with van der Waals surface area (Å²) in [6.45, 7) is 2.14. The van der Waals surface area contributed by atoms with Crippen LogP contribution in [0.1, 0.15) is 45.4 Å². The van der Waals surface area contributed by atoms with E-state index in [0.29, 0.717) is 18.1 Å². The Labute approximate surface area is 103 Å². The molecule has 0 radical (unpaired) electrons. The molecule has 1 aliphatic rings. The lowest BCUT2D eigenvalue weighted by molar-refractivity contribution is -0.140. The van der Waals surface area contributed by atoms with Crippen molar-refractivity contribution >= 4 is 11.8 Å². The molecule has 0 amide bonds. The summed E-state index contributed by atoms with van der Waals surface area (Å²) in [6, 6.07) is 0. The average Bonchev–Trinajstić information content (AvgIpc) is 2.62. The summed E-state index contributed by atoms with van der Waals surface area (Å²) in [6.07, 6.45) is 8.97. The highest BCUT2D eigenvalue weighted by molar-refractivity contribution is 5.83.